The number of nitrogens with two attached hydrogens (primary N) is 1. The van der Waals surface area contributed by atoms with E-state index in [1.807, 2.05) is 0 Å². The second kappa shape index (κ2) is 6.80. The molecule has 3 N–H and O–H groups in total. The first-order chi connectivity index (χ1) is 8.92. The lowest BCUT2D eigenvalue weighted by atomic mass is 9.85. The molecule has 0 aliphatic rings. The highest BCUT2D eigenvalue weighted by Gasteiger charge is 2.24. The van der Waals surface area contributed by atoms with Gasteiger partial charge in [0.25, 0.3) is 0 Å². The summed E-state index contributed by atoms with van der Waals surface area (Å²) in [6.45, 7) is 11.4. The third-order valence-electron chi connectivity index (χ3n) is 3.31. The van der Waals surface area contributed by atoms with E-state index in [0.717, 1.165) is 30.7 Å². The summed E-state index contributed by atoms with van der Waals surface area (Å²) >= 11 is 0. The van der Waals surface area contributed by atoms with Gasteiger partial charge in [-0.15, -0.1) is 5.10 Å². The van der Waals surface area contributed by atoms with Crippen molar-refractivity contribution >= 4 is 5.95 Å². The standard InChI is InChI=1S/C14H27N5/c1-6-10-11(7-2)18-19-13(16-10)17-12(8-9-15)14(3,4)5/h12H,6-9,15H2,1-5H3,(H,16,17,19). The summed E-state index contributed by atoms with van der Waals surface area (Å²) in [5.41, 5.74) is 7.81. The highest BCUT2D eigenvalue weighted by atomic mass is 15.2. The summed E-state index contributed by atoms with van der Waals surface area (Å²) in [5, 5.41) is 11.8. The second-order valence-electron chi connectivity index (χ2n) is 5.88. The van der Waals surface area contributed by atoms with Gasteiger partial charge in [0, 0.05) is 6.04 Å². The number of rotatable bonds is 6. The zero-order valence-corrected chi connectivity index (χ0v) is 12.8. The summed E-state index contributed by atoms with van der Waals surface area (Å²) in [6, 6.07) is 0.247. The minimum Gasteiger partial charge on any atom is -0.350 e. The maximum absolute atomic E-state index is 5.69. The molecule has 1 unspecified atom stereocenters. The van der Waals surface area contributed by atoms with Crippen molar-refractivity contribution in [2.24, 2.45) is 11.1 Å². The van der Waals surface area contributed by atoms with Gasteiger partial charge in [-0.3, -0.25) is 0 Å². The van der Waals surface area contributed by atoms with E-state index in [-0.39, 0.29) is 11.5 Å². The lowest BCUT2D eigenvalue weighted by Crippen LogP contribution is -2.36. The fourth-order valence-electron chi connectivity index (χ4n) is 2.04. The Morgan fingerprint density at radius 1 is 1.11 bits per heavy atom. The SMILES string of the molecule is CCc1nnc(NC(CCN)C(C)(C)C)nc1CC. The normalized spacial score (nSPS) is 13.4. The van der Waals surface area contributed by atoms with Crippen LogP contribution < -0.4 is 11.1 Å². The molecule has 0 aliphatic heterocycles. The maximum Gasteiger partial charge on any atom is 0.243 e. The fourth-order valence-corrected chi connectivity index (χ4v) is 2.04. The molecule has 19 heavy (non-hydrogen) atoms. The molecule has 0 saturated carbocycles. The predicted octanol–water partition coefficient (Wildman–Crippen LogP) is 2.17. The van der Waals surface area contributed by atoms with Crippen LogP contribution in [0.3, 0.4) is 0 Å². The first-order valence-corrected chi connectivity index (χ1v) is 7.11. The molecule has 0 aliphatic carbocycles. The predicted molar refractivity (Wildman–Crippen MR) is 79.1 cm³/mol. The van der Waals surface area contributed by atoms with Crippen molar-refractivity contribution in [2.75, 3.05) is 11.9 Å². The average molecular weight is 265 g/mol. The van der Waals surface area contributed by atoms with Gasteiger partial charge >= 0.3 is 0 Å². The first kappa shape index (κ1) is 15.8. The maximum atomic E-state index is 5.69. The number of aromatic nitrogens is 3. The largest absolute Gasteiger partial charge is 0.350 e. The van der Waals surface area contributed by atoms with Crippen LogP contribution in [0.25, 0.3) is 0 Å². The van der Waals surface area contributed by atoms with E-state index in [4.69, 9.17) is 5.73 Å². The van der Waals surface area contributed by atoms with Crippen LogP contribution in [0, 0.1) is 5.41 Å². The molecule has 0 radical (unpaired) electrons. The third-order valence-corrected chi connectivity index (χ3v) is 3.31. The molecule has 5 heteroatoms. The van der Waals surface area contributed by atoms with E-state index in [1.54, 1.807) is 0 Å². The van der Waals surface area contributed by atoms with Crippen LogP contribution in [-0.4, -0.2) is 27.8 Å². The van der Waals surface area contributed by atoms with Crippen LogP contribution in [0.4, 0.5) is 5.95 Å². The van der Waals surface area contributed by atoms with Gasteiger partial charge in [-0.05, 0) is 31.2 Å². The zero-order chi connectivity index (χ0) is 14.5. The third kappa shape index (κ3) is 4.42. The smallest absolute Gasteiger partial charge is 0.243 e. The molecule has 0 bridgehead atoms. The van der Waals surface area contributed by atoms with Crippen LogP contribution in [0.15, 0.2) is 0 Å². The van der Waals surface area contributed by atoms with Crippen molar-refractivity contribution < 1.29 is 0 Å². The Balaban J connectivity index is 2.91. The highest BCUT2D eigenvalue weighted by Crippen LogP contribution is 2.24. The van der Waals surface area contributed by atoms with E-state index in [9.17, 15) is 0 Å². The van der Waals surface area contributed by atoms with Crippen LogP contribution >= 0.6 is 0 Å². The van der Waals surface area contributed by atoms with E-state index in [1.165, 1.54) is 0 Å². The number of anilines is 1. The summed E-state index contributed by atoms with van der Waals surface area (Å²) in [4.78, 5) is 4.57. The Bertz CT molecular complexity index is 397. The molecule has 1 aromatic rings. The molecule has 1 rings (SSSR count). The molecular weight excluding hydrogens is 238 g/mol. The van der Waals surface area contributed by atoms with Crippen molar-refractivity contribution in [3.63, 3.8) is 0 Å². The molecule has 0 aromatic carbocycles. The van der Waals surface area contributed by atoms with Crippen LogP contribution in [-0.2, 0) is 12.8 Å². The van der Waals surface area contributed by atoms with Crippen molar-refractivity contribution in [1.82, 2.24) is 15.2 Å². The molecule has 1 aromatic heterocycles. The van der Waals surface area contributed by atoms with Gasteiger partial charge < -0.3 is 11.1 Å². The van der Waals surface area contributed by atoms with E-state index >= 15 is 0 Å². The zero-order valence-electron chi connectivity index (χ0n) is 12.8. The molecule has 0 saturated heterocycles. The van der Waals surface area contributed by atoms with Crippen LogP contribution in [0.1, 0.15) is 52.4 Å². The van der Waals surface area contributed by atoms with Crippen molar-refractivity contribution in [1.29, 1.82) is 0 Å². The number of hydrogen-bond donors (Lipinski definition) is 2. The van der Waals surface area contributed by atoms with E-state index in [0.29, 0.717) is 12.5 Å². The Labute approximate surface area is 116 Å². The second-order valence-corrected chi connectivity index (χ2v) is 5.88. The molecule has 108 valence electrons. The minimum absolute atomic E-state index is 0.110. The summed E-state index contributed by atoms with van der Waals surface area (Å²) in [5.74, 6) is 0.613. The lowest BCUT2D eigenvalue weighted by Gasteiger charge is -2.31. The molecule has 1 heterocycles. The van der Waals surface area contributed by atoms with Gasteiger partial charge in [-0.2, -0.15) is 5.10 Å². The highest BCUT2D eigenvalue weighted by molar-refractivity contribution is 5.28. The lowest BCUT2D eigenvalue weighted by molar-refractivity contribution is 0.327. The number of hydrogen-bond acceptors (Lipinski definition) is 5. The Kier molecular flexibility index (Phi) is 5.66. The van der Waals surface area contributed by atoms with Crippen molar-refractivity contribution in [3.05, 3.63) is 11.4 Å². The first-order valence-electron chi connectivity index (χ1n) is 7.11. The van der Waals surface area contributed by atoms with E-state index in [2.05, 4.69) is 55.1 Å². The van der Waals surface area contributed by atoms with Crippen molar-refractivity contribution in [3.8, 4) is 0 Å². The summed E-state index contributed by atoms with van der Waals surface area (Å²) in [6.07, 6.45) is 2.64. The number of nitrogens with zero attached hydrogens (tertiary/aromatic N) is 3. The molecular formula is C14H27N5. The van der Waals surface area contributed by atoms with Crippen molar-refractivity contribution in [2.45, 2.75) is 59.9 Å². The monoisotopic (exact) mass is 265 g/mol. The molecule has 5 nitrogen and oxygen atoms in total. The fraction of sp³-hybridized carbons (Fsp3) is 0.786. The van der Waals surface area contributed by atoms with Crippen LogP contribution in [0.2, 0.25) is 0 Å². The van der Waals surface area contributed by atoms with Gasteiger partial charge in [0.2, 0.25) is 5.95 Å². The van der Waals surface area contributed by atoms with Gasteiger partial charge in [-0.25, -0.2) is 4.98 Å². The molecule has 0 amide bonds. The topological polar surface area (TPSA) is 76.7 Å². The average Bonchev–Trinajstić information content (AvgIpc) is 2.37. The Morgan fingerprint density at radius 3 is 2.21 bits per heavy atom. The van der Waals surface area contributed by atoms with Gasteiger partial charge in [0.05, 0.1) is 11.4 Å². The minimum atomic E-state index is 0.110. The van der Waals surface area contributed by atoms with Gasteiger partial charge in [0.1, 0.15) is 0 Å². The number of aryl methyl sites for hydroxylation is 2. The van der Waals surface area contributed by atoms with Gasteiger partial charge in [-0.1, -0.05) is 34.6 Å². The molecule has 0 spiro atoms. The Hall–Kier alpha value is -1.23. The van der Waals surface area contributed by atoms with Crippen LogP contribution in [0.5, 0.6) is 0 Å². The van der Waals surface area contributed by atoms with E-state index < -0.39 is 0 Å². The molecule has 1 atom stereocenters. The number of nitrogens with one attached hydrogen (secondary N) is 1. The Morgan fingerprint density at radius 2 is 1.74 bits per heavy atom. The molecule has 0 fully saturated rings. The van der Waals surface area contributed by atoms with Gasteiger partial charge in [0.15, 0.2) is 0 Å². The quantitative estimate of drug-likeness (QED) is 0.824. The summed E-state index contributed by atoms with van der Waals surface area (Å²) in [7, 11) is 0. The summed E-state index contributed by atoms with van der Waals surface area (Å²) < 4.78 is 0.